The molecule has 0 spiro atoms. The van der Waals surface area contributed by atoms with Crippen LogP contribution in [0.15, 0.2) is 0 Å². The maximum Gasteiger partial charge on any atom is 0.131 e. The lowest BCUT2D eigenvalue weighted by atomic mass is 10.3. The van der Waals surface area contributed by atoms with E-state index in [1.807, 2.05) is 21.0 Å². The van der Waals surface area contributed by atoms with Crippen molar-refractivity contribution in [3.05, 3.63) is 16.4 Å². The first-order valence-electron chi connectivity index (χ1n) is 3.49. The smallest absolute Gasteiger partial charge is 0.131 e. The molecule has 6 heteroatoms. The molecule has 0 atom stereocenters. The third-order valence-corrected chi connectivity index (χ3v) is 2.10. The first kappa shape index (κ1) is 15.5. The van der Waals surface area contributed by atoms with Gasteiger partial charge in [0.2, 0.25) is 0 Å². The molecule has 78 valence electrons. The van der Waals surface area contributed by atoms with Gasteiger partial charge in [0.25, 0.3) is 0 Å². The van der Waals surface area contributed by atoms with Crippen molar-refractivity contribution >= 4 is 36.4 Å². The van der Waals surface area contributed by atoms with Gasteiger partial charge in [-0.05, 0) is 14.0 Å². The van der Waals surface area contributed by atoms with Gasteiger partial charge in [-0.3, -0.25) is 4.68 Å². The van der Waals surface area contributed by atoms with Crippen molar-refractivity contribution in [2.45, 2.75) is 13.5 Å². The van der Waals surface area contributed by atoms with Crippen molar-refractivity contribution in [3.63, 3.8) is 0 Å². The van der Waals surface area contributed by atoms with E-state index in [4.69, 9.17) is 11.6 Å². The molecule has 0 saturated carbocycles. The summed E-state index contributed by atoms with van der Waals surface area (Å²) in [6.07, 6.45) is 0. The first-order valence-corrected chi connectivity index (χ1v) is 3.87. The Kier molecular flexibility index (Phi) is 7.74. The van der Waals surface area contributed by atoms with Gasteiger partial charge in [0.15, 0.2) is 0 Å². The summed E-state index contributed by atoms with van der Waals surface area (Å²) in [6, 6.07) is 0. The summed E-state index contributed by atoms with van der Waals surface area (Å²) >= 11 is 5.95. The summed E-state index contributed by atoms with van der Waals surface area (Å²) in [4.78, 5) is 0. The summed E-state index contributed by atoms with van der Waals surface area (Å²) in [5.74, 6) is 0. The van der Waals surface area contributed by atoms with Crippen LogP contribution in [0.4, 0.5) is 0 Å². The molecule has 0 amide bonds. The van der Waals surface area contributed by atoms with Crippen molar-refractivity contribution in [1.82, 2.24) is 15.1 Å². The number of rotatable bonds is 2. The normalized spacial score (nSPS) is 8.92. The zero-order valence-electron chi connectivity index (χ0n) is 7.80. The van der Waals surface area contributed by atoms with E-state index in [1.165, 1.54) is 0 Å². The van der Waals surface area contributed by atoms with E-state index in [0.29, 0.717) is 0 Å². The summed E-state index contributed by atoms with van der Waals surface area (Å²) < 4.78 is 1.68. The number of nitrogens with one attached hydrogen (secondary N) is 1. The van der Waals surface area contributed by atoms with Crippen LogP contribution in [0.3, 0.4) is 0 Å². The molecule has 0 aromatic carbocycles. The lowest BCUT2D eigenvalue weighted by Crippen LogP contribution is -2.05. The van der Waals surface area contributed by atoms with Crippen LogP contribution in [0.5, 0.6) is 0 Å². The third-order valence-electron chi connectivity index (χ3n) is 1.62. The predicted molar refractivity (Wildman–Crippen MR) is 60.2 cm³/mol. The number of aryl methyl sites for hydroxylation is 2. The fourth-order valence-electron chi connectivity index (χ4n) is 1.05. The van der Waals surface area contributed by atoms with Crippen LogP contribution in [-0.2, 0) is 13.6 Å². The zero-order chi connectivity index (χ0) is 8.43. The molecular weight excluding hydrogens is 232 g/mol. The van der Waals surface area contributed by atoms with Gasteiger partial charge >= 0.3 is 0 Å². The Morgan fingerprint density at radius 3 is 2.31 bits per heavy atom. The van der Waals surface area contributed by atoms with Crippen molar-refractivity contribution in [2.24, 2.45) is 7.05 Å². The lowest BCUT2D eigenvalue weighted by Gasteiger charge is -1.96. The summed E-state index contributed by atoms with van der Waals surface area (Å²) in [5.41, 5.74) is 2.07. The molecule has 0 radical (unpaired) electrons. The van der Waals surface area contributed by atoms with E-state index < -0.39 is 0 Å². The Bertz CT molecular complexity index is 260. The van der Waals surface area contributed by atoms with Gasteiger partial charge in [0.1, 0.15) is 5.15 Å². The maximum atomic E-state index is 5.95. The van der Waals surface area contributed by atoms with Gasteiger partial charge < -0.3 is 5.32 Å². The summed E-state index contributed by atoms with van der Waals surface area (Å²) in [6.45, 7) is 2.73. The van der Waals surface area contributed by atoms with Gasteiger partial charge in [-0.15, -0.1) is 24.8 Å². The standard InChI is InChI=1S/C7H12ClN3.2ClH/c1-5-6(4-9-2)7(8)11(3)10-5;;/h9H,4H2,1-3H3;2*1H. The van der Waals surface area contributed by atoms with Gasteiger partial charge in [0, 0.05) is 19.2 Å². The van der Waals surface area contributed by atoms with Crippen LogP contribution in [-0.4, -0.2) is 16.8 Å². The van der Waals surface area contributed by atoms with Crippen molar-refractivity contribution in [2.75, 3.05) is 7.05 Å². The molecule has 0 fully saturated rings. The van der Waals surface area contributed by atoms with Crippen LogP contribution in [0.2, 0.25) is 5.15 Å². The SMILES string of the molecule is CNCc1c(C)nn(C)c1Cl.Cl.Cl. The molecule has 0 aliphatic rings. The van der Waals surface area contributed by atoms with E-state index in [1.54, 1.807) is 4.68 Å². The van der Waals surface area contributed by atoms with Gasteiger partial charge in [-0.1, -0.05) is 11.6 Å². The number of aromatic nitrogens is 2. The average Bonchev–Trinajstić information content (AvgIpc) is 2.17. The van der Waals surface area contributed by atoms with Crippen LogP contribution in [0, 0.1) is 6.92 Å². The van der Waals surface area contributed by atoms with Crippen molar-refractivity contribution < 1.29 is 0 Å². The van der Waals surface area contributed by atoms with Gasteiger partial charge in [-0.2, -0.15) is 5.10 Å². The van der Waals surface area contributed by atoms with Crippen LogP contribution < -0.4 is 5.32 Å². The third kappa shape index (κ3) is 3.35. The lowest BCUT2D eigenvalue weighted by molar-refractivity contribution is 0.756. The minimum Gasteiger partial charge on any atom is -0.316 e. The first-order chi connectivity index (χ1) is 5.16. The number of hydrogen-bond acceptors (Lipinski definition) is 2. The Hall–Kier alpha value is 0.0400. The van der Waals surface area contributed by atoms with E-state index in [9.17, 15) is 0 Å². The molecule has 1 rings (SSSR count). The maximum absolute atomic E-state index is 5.95. The Morgan fingerprint density at radius 2 is 2.00 bits per heavy atom. The van der Waals surface area contributed by atoms with Crippen molar-refractivity contribution in [3.8, 4) is 0 Å². The predicted octanol–water partition coefficient (Wildman–Crippen LogP) is 1.94. The molecular formula is C7H14Cl3N3. The number of hydrogen-bond donors (Lipinski definition) is 1. The zero-order valence-corrected chi connectivity index (χ0v) is 10.2. The molecule has 0 bridgehead atoms. The van der Waals surface area contributed by atoms with E-state index in [0.717, 1.165) is 23.0 Å². The quantitative estimate of drug-likeness (QED) is 0.864. The van der Waals surface area contributed by atoms with Crippen LogP contribution >= 0.6 is 36.4 Å². The number of nitrogens with zero attached hydrogens (tertiary/aromatic N) is 2. The highest BCUT2D eigenvalue weighted by Crippen LogP contribution is 2.17. The van der Waals surface area contributed by atoms with E-state index in [2.05, 4.69) is 10.4 Å². The highest BCUT2D eigenvalue weighted by Gasteiger charge is 2.08. The topological polar surface area (TPSA) is 29.9 Å². The molecule has 1 aromatic rings. The minimum absolute atomic E-state index is 0. The highest BCUT2D eigenvalue weighted by atomic mass is 35.5. The fourth-order valence-corrected chi connectivity index (χ4v) is 1.29. The van der Waals surface area contributed by atoms with Crippen molar-refractivity contribution in [1.29, 1.82) is 0 Å². The Labute approximate surface area is 95.7 Å². The number of halogens is 3. The molecule has 0 aliphatic heterocycles. The second-order valence-electron chi connectivity index (χ2n) is 2.51. The molecule has 1 heterocycles. The highest BCUT2D eigenvalue weighted by molar-refractivity contribution is 6.30. The Balaban J connectivity index is 0. The van der Waals surface area contributed by atoms with Crippen LogP contribution in [0.25, 0.3) is 0 Å². The molecule has 3 nitrogen and oxygen atoms in total. The monoisotopic (exact) mass is 245 g/mol. The molecule has 13 heavy (non-hydrogen) atoms. The average molecular weight is 247 g/mol. The second-order valence-corrected chi connectivity index (χ2v) is 2.87. The van der Waals surface area contributed by atoms with Gasteiger partial charge in [-0.25, -0.2) is 0 Å². The molecule has 0 unspecified atom stereocenters. The molecule has 0 saturated heterocycles. The second kappa shape index (κ2) is 6.49. The Morgan fingerprint density at radius 1 is 1.46 bits per heavy atom. The molecule has 0 aliphatic carbocycles. The van der Waals surface area contributed by atoms with E-state index in [-0.39, 0.29) is 24.8 Å². The summed E-state index contributed by atoms with van der Waals surface area (Å²) in [7, 11) is 3.73. The molecule has 1 N–H and O–H groups in total. The minimum atomic E-state index is 0. The summed E-state index contributed by atoms with van der Waals surface area (Å²) in [5, 5.41) is 7.93. The van der Waals surface area contributed by atoms with E-state index >= 15 is 0 Å². The van der Waals surface area contributed by atoms with Crippen LogP contribution in [0.1, 0.15) is 11.3 Å². The van der Waals surface area contributed by atoms with Gasteiger partial charge in [0.05, 0.1) is 5.69 Å². The molecule has 1 aromatic heterocycles. The largest absolute Gasteiger partial charge is 0.316 e. The fraction of sp³-hybridized carbons (Fsp3) is 0.571.